The maximum Gasteiger partial charge on any atom is 0.410 e. The molecule has 0 radical (unpaired) electrons. The van der Waals surface area contributed by atoms with Gasteiger partial charge in [0.15, 0.2) is 0 Å². The van der Waals surface area contributed by atoms with Crippen LogP contribution in [0.1, 0.15) is 59.9 Å². The minimum atomic E-state index is -0.550. The van der Waals surface area contributed by atoms with Gasteiger partial charge >= 0.3 is 6.09 Å². The van der Waals surface area contributed by atoms with E-state index in [-0.39, 0.29) is 49.9 Å². The van der Waals surface area contributed by atoms with E-state index >= 15 is 0 Å². The zero-order valence-electron chi connectivity index (χ0n) is 23.8. The molecule has 1 fully saturated rings. The lowest BCUT2D eigenvalue weighted by Gasteiger charge is -2.40. The molecule has 1 atom stereocenters. The number of nitrogens with zero attached hydrogens (tertiary/aromatic N) is 3. The van der Waals surface area contributed by atoms with Crippen LogP contribution in [-0.2, 0) is 11.2 Å². The molecule has 2 aliphatic rings. The first-order valence-electron chi connectivity index (χ1n) is 13.7. The summed E-state index contributed by atoms with van der Waals surface area (Å²) in [7, 11) is 0. The summed E-state index contributed by atoms with van der Waals surface area (Å²) in [6, 6.07) is 9.79. The van der Waals surface area contributed by atoms with Gasteiger partial charge in [0.05, 0.1) is 43.5 Å². The van der Waals surface area contributed by atoms with Crippen molar-refractivity contribution in [3.63, 3.8) is 0 Å². The van der Waals surface area contributed by atoms with Gasteiger partial charge < -0.3 is 14.4 Å². The van der Waals surface area contributed by atoms with E-state index < -0.39 is 17.4 Å². The molecule has 0 spiro atoms. The van der Waals surface area contributed by atoms with Crippen molar-refractivity contribution in [2.75, 3.05) is 19.7 Å². The maximum absolute atomic E-state index is 13.0. The molecule has 0 saturated carbocycles. The fraction of sp³-hybridized carbons (Fsp3) is 0.355. The monoisotopic (exact) mass is 663 g/mol. The highest BCUT2D eigenvalue weighted by atomic mass is 35.5. The number of amides is 3. The van der Waals surface area contributed by atoms with Crippen molar-refractivity contribution in [3.8, 4) is 16.9 Å². The number of carbonyl (C=O) groups excluding carboxylic acids is 3. The lowest BCUT2D eigenvalue weighted by Crippen LogP contribution is -2.55. The lowest BCUT2D eigenvalue weighted by molar-refractivity contribution is -0.0141. The number of rotatable bonds is 8. The number of aryl methyl sites for hydroxylation is 1. The third-order valence-electron chi connectivity index (χ3n) is 7.22. The molecule has 0 aliphatic carbocycles. The summed E-state index contributed by atoms with van der Waals surface area (Å²) in [5.74, 6) is -0.487. The van der Waals surface area contributed by atoms with Gasteiger partial charge in [-0.15, -0.1) is 0 Å². The smallest absolute Gasteiger partial charge is 0.410 e. The van der Waals surface area contributed by atoms with Crippen molar-refractivity contribution >= 4 is 64.3 Å². The van der Waals surface area contributed by atoms with Crippen molar-refractivity contribution < 1.29 is 23.9 Å². The Labute approximate surface area is 269 Å². The van der Waals surface area contributed by atoms with Gasteiger partial charge in [-0.3, -0.25) is 19.5 Å². The average molecular weight is 665 g/mol. The number of carbonyl (C=O) groups is 3. The molecule has 12 heteroatoms. The van der Waals surface area contributed by atoms with Crippen LogP contribution in [-0.4, -0.2) is 64.0 Å². The van der Waals surface area contributed by atoms with Gasteiger partial charge in [0.25, 0.3) is 11.8 Å². The molecule has 0 N–H and O–H groups in total. The summed E-state index contributed by atoms with van der Waals surface area (Å²) in [5, 5.41) is -0.261. The van der Waals surface area contributed by atoms with E-state index in [0.717, 1.165) is 28.0 Å². The number of hydrogen-bond acceptors (Lipinski definition) is 6. The predicted octanol–water partition coefficient (Wildman–Crippen LogP) is 7.98. The van der Waals surface area contributed by atoms with Gasteiger partial charge in [-0.25, -0.2) is 4.79 Å². The van der Waals surface area contributed by atoms with Gasteiger partial charge in [-0.2, -0.15) is 0 Å². The number of hydrogen-bond donors (Lipinski definition) is 0. The van der Waals surface area contributed by atoms with Crippen molar-refractivity contribution in [1.29, 1.82) is 0 Å². The second-order valence-corrected chi connectivity index (χ2v) is 12.9. The van der Waals surface area contributed by atoms with Gasteiger partial charge in [-0.05, 0) is 57.2 Å². The quantitative estimate of drug-likeness (QED) is 0.138. The van der Waals surface area contributed by atoms with Crippen molar-refractivity contribution in [3.05, 3.63) is 79.5 Å². The molecule has 3 aromatic rings. The standard InChI is InChI=1S/C31H29Cl4N3O5/c1-31(2,3)43-30(41)37-11-9-20(37)16-42-21-13-19(14-36-15-21)18-8-4-6-17(12-18)7-5-10-38-28(39)22-23(29(38)40)25(33)27(35)26(34)24(22)32/h4,6,8,12-15,20H,5,7,9-11,16H2,1-3H3/t20-/m0/s1. The van der Waals surface area contributed by atoms with Gasteiger partial charge in [-0.1, -0.05) is 70.7 Å². The number of likely N-dealkylation sites (tertiary alicyclic amines) is 1. The highest BCUT2D eigenvalue weighted by Gasteiger charge is 2.41. The van der Waals surface area contributed by atoms with Crippen LogP contribution in [0.15, 0.2) is 42.7 Å². The fourth-order valence-electron chi connectivity index (χ4n) is 4.97. The topological polar surface area (TPSA) is 89.0 Å². The van der Waals surface area contributed by atoms with E-state index in [1.807, 2.05) is 51.1 Å². The van der Waals surface area contributed by atoms with Gasteiger partial charge in [0.1, 0.15) is 18.0 Å². The predicted molar refractivity (Wildman–Crippen MR) is 167 cm³/mol. The van der Waals surface area contributed by atoms with Crippen LogP contribution >= 0.6 is 46.4 Å². The second kappa shape index (κ2) is 12.5. The molecule has 5 rings (SSSR count). The van der Waals surface area contributed by atoms with Crippen LogP contribution in [0.25, 0.3) is 11.1 Å². The normalized spacial score (nSPS) is 16.3. The van der Waals surface area contributed by atoms with Crippen LogP contribution in [0.2, 0.25) is 20.1 Å². The highest BCUT2D eigenvalue weighted by Crippen LogP contribution is 2.44. The lowest BCUT2D eigenvalue weighted by atomic mass is 10.0. The Kier molecular flexibility index (Phi) is 9.14. The average Bonchev–Trinajstić information content (AvgIpc) is 3.19. The molecule has 3 heterocycles. The van der Waals surface area contributed by atoms with E-state index in [1.165, 1.54) is 0 Å². The van der Waals surface area contributed by atoms with E-state index in [4.69, 9.17) is 55.9 Å². The number of aromatic nitrogens is 1. The molecule has 43 heavy (non-hydrogen) atoms. The summed E-state index contributed by atoms with van der Waals surface area (Å²) >= 11 is 24.7. The van der Waals surface area contributed by atoms with Crippen molar-refractivity contribution in [2.24, 2.45) is 0 Å². The number of imide groups is 1. The molecule has 0 unspecified atom stereocenters. The molecular weight excluding hydrogens is 636 g/mol. The first-order valence-corrected chi connectivity index (χ1v) is 15.3. The van der Waals surface area contributed by atoms with Crippen LogP contribution < -0.4 is 4.74 Å². The number of halogens is 4. The molecule has 0 bridgehead atoms. The molecule has 3 amide bonds. The molecule has 1 saturated heterocycles. The van der Waals surface area contributed by atoms with Crippen LogP contribution in [0.4, 0.5) is 4.79 Å². The zero-order valence-corrected chi connectivity index (χ0v) is 26.8. The van der Waals surface area contributed by atoms with Crippen molar-refractivity contribution in [1.82, 2.24) is 14.8 Å². The van der Waals surface area contributed by atoms with E-state index in [9.17, 15) is 14.4 Å². The SMILES string of the molecule is CC(C)(C)OC(=O)N1CC[C@H]1COc1cncc(-c2cccc(CCCN3C(=O)c4c(Cl)c(Cl)c(Cl)c(Cl)c4C3=O)c2)c1. The Bertz CT molecular complexity index is 1560. The van der Waals surface area contributed by atoms with E-state index in [2.05, 4.69) is 4.98 Å². The zero-order chi connectivity index (χ0) is 31.1. The minimum absolute atomic E-state index is 0.0162. The summed E-state index contributed by atoms with van der Waals surface area (Å²) in [6.45, 7) is 6.69. The fourth-order valence-corrected chi connectivity index (χ4v) is 5.98. The molecule has 8 nitrogen and oxygen atoms in total. The Morgan fingerprint density at radius 1 is 0.953 bits per heavy atom. The summed E-state index contributed by atoms with van der Waals surface area (Å²) < 4.78 is 11.5. The summed E-state index contributed by atoms with van der Waals surface area (Å²) in [4.78, 5) is 45.5. The molecular formula is C31H29Cl4N3O5. The maximum atomic E-state index is 13.0. The van der Waals surface area contributed by atoms with E-state index in [0.29, 0.717) is 31.7 Å². The second-order valence-electron chi connectivity index (χ2n) is 11.4. The Balaban J connectivity index is 1.19. The van der Waals surface area contributed by atoms with Crippen LogP contribution in [0.5, 0.6) is 5.75 Å². The van der Waals surface area contributed by atoms with Crippen LogP contribution in [0.3, 0.4) is 0 Å². The minimum Gasteiger partial charge on any atom is -0.490 e. The van der Waals surface area contributed by atoms with Gasteiger partial charge in [0.2, 0.25) is 0 Å². The Morgan fingerprint density at radius 2 is 1.63 bits per heavy atom. The Morgan fingerprint density at radius 3 is 2.23 bits per heavy atom. The molecule has 1 aromatic heterocycles. The largest absolute Gasteiger partial charge is 0.490 e. The van der Waals surface area contributed by atoms with E-state index in [1.54, 1.807) is 17.3 Å². The third kappa shape index (κ3) is 6.58. The molecule has 2 aliphatic heterocycles. The van der Waals surface area contributed by atoms with Gasteiger partial charge in [0, 0.05) is 24.8 Å². The Hall–Kier alpha value is -3.04. The number of ether oxygens (including phenoxy) is 2. The summed E-state index contributed by atoms with van der Waals surface area (Å²) in [6.07, 6.45) is 5.03. The highest BCUT2D eigenvalue weighted by molar-refractivity contribution is 6.55. The number of pyridine rings is 1. The first-order chi connectivity index (χ1) is 20.4. The molecule has 226 valence electrons. The third-order valence-corrected chi connectivity index (χ3v) is 9.02. The van der Waals surface area contributed by atoms with Crippen molar-refractivity contribution in [2.45, 2.75) is 51.7 Å². The first kappa shape index (κ1) is 31.4. The molecule has 2 aromatic carbocycles. The van der Waals surface area contributed by atoms with Crippen LogP contribution in [0, 0.1) is 0 Å². The summed E-state index contributed by atoms with van der Waals surface area (Å²) in [5.41, 5.74) is 2.25. The number of benzene rings is 2. The number of fused-ring (bicyclic) bond motifs is 1.